The molecule has 6 heteroatoms. The molecule has 0 aromatic carbocycles. The van der Waals surface area contributed by atoms with E-state index in [0.29, 0.717) is 18.6 Å². The molecule has 0 unspecified atom stereocenters. The molecule has 1 fully saturated rings. The summed E-state index contributed by atoms with van der Waals surface area (Å²) in [7, 11) is 0. The maximum atomic E-state index is 10.4. The van der Waals surface area contributed by atoms with Crippen molar-refractivity contribution in [1.29, 1.82) is 0 Å². The van der Waals surface area contributed by atoms with Gasteiger partial charge in [0.1, 0.15) is 0 Å². The molecule has 1 atom stereocenters. The van der Waals surface area contributed by atoms with Crippen LogP contribution in [0, 0.1) is 0 Å². The minimum Gasteiger partial charge on any atom is -0.465 e. The van der Waals surface area contributed by atoms with Gasteiger partial charge in [0.05, 0.1) is 0 Å². The minimum absolute atomic E-state index is 0.440. The van der Waals surface area contributed by atoms with Gasteiger partial charge in [-0.25, -0.2) is 4.79 Å². The third-order valence-corrected chi connectivity index (χ3v) is 4.90. The first-order valence-corrected chi connectivity index (χ1v) is 8.54. The molecule has 3 N–H and O–H groups in total. The molecule has 0 spiro atoms. The van der Waals surface area contributed by atoms with Crippen molar-refractivity contribution in [3.63, 3.8) is 0 Å². The average molecular weight is 311 g/mol. The van der Waals surface area contributed by atoms with E-state index in [-0.39, 0.29) is 0 Å². The van der Waals surface area contributed by atoms with Gasteiger partial charge in [0, 0.05) is 25.2 Å². The van der Waals surface area contributed by atoms with E-state index in [2.05, 4.69) is 39.3 Å². The van der Waals surface area contributed by atoms with Gasteiger partial charge in [0.25, 0.3) is 0 Å². The van der Waals surface area contributed by atoms with Crippen LogP contribution >= 0.6 is 11.3 Å². The molecule has 1 saturated heterocycles. The number of hydrogen-bond acceptors (Lipinski definition) is 4. The molecule has 0 saturated carbocycles. The van der Waals surface area contributed by atoms with Crippen molar-refractivity contribution < 1.29 is 9.90 Å². The van der Waals surface area contributed by atoms with Crippen LogP contribution in [0.15, 0.2) is 16.8 Å². The molecule has 1 amide bonds. The predicted molar refractivity (Wildman–Crippen MR) is 85.9 cm³/mol. The third kappa shape index (κ3) is 5.65. The summed E-state index contributed by atoms with van der Waals surface area (Å²) in [4.78, 5) is 12.9. The van der Waals surface area contributed by atoms with Gasteiger partial charge in [0.2, 0.25) is 0 Å². The summed E-state index contributed by atoms with van der Waals surface area (Å²) in [5.74, 6) is 0. The number of nitrogens with one attached hydrogen (secondary N) is 2. The van der Waals surface area contributed by atoms with E-state index in [0.717, 1.165) is 26.1 Å². The Balaban J connectivity index is 1.62. The predicted octanol–water partition coefficient (Wildman–Crippen LogP) is 2.35. The number of amides is 1. The molecule has 0 radical (unpaired) electrons. The lowest BCUT2D eigenvalue weighted by Gasteiger charge is -2.36. The van der Waals surface area contributed by atoms with E-state index >= 15 is 0 Å². The van der Waals surface area contributed by atoms with Gasteiger partial charge < -0.3 is 20.6 Å². The van der Waals surface area contributed by atoms with Crippen molar-refractivity contribution in [2.24, 2.45) is 0 Å². The van der Waals surface area contributed by atoms with Crippen molar-refractivity contribution in [2.45, 2.75) is 44.8 Å². The number of hydrogen-bond donors (Lipinski definition) is 3. The van der Waals surface area contributed by atoms with Gasteiger partial charge in [-0.15, -0.1) is 0 Å². The molecule has 2 heterocycles. The normalized spacial score (nSPS) is 18.5. The zero-order valence-corrected chi connectivity index (χ0v) is 13.4. The summed E-state index contributed by atoms with van der Waals surface area (Å²) in [6.07, 6.45) is 2.28. The second kappa shape index (κ2) is 8.36. The summed E-state index contributed by atoms with van der Waals surface area (Å²) >= 11 is 1.74. The van der Waals surface area contributed by atoms with Crippen LogP contribution in [0.2, 0.25) is 0 Å². The van der Waals surface area contributed by atoms with E-state index in [9.17, 15) is 4.79 Å². The Hall–Kier alpha value is -1.11. The van der Waals surface area contributed by atoms with Gasteiger partial charge >= 0.3 is 6.09 Å². The fraction of sp³-hybridized carbons (Fsp3) is 0.667. The van der Waals surface area contributed by atoms with E-state index in [1.54, 1.807) is 11.3 Å². The summed E-state index contributed by atoms with van der Waals surface area (Å²) in [6, 6.07) is 3.21. The molecule has 5 nitrogen and oxygen atoms in total. The lowest BCUT2D eigenvalue weighted by atomic mass is 10.0. The molecule has 1 aromatic heterocycles. The highest BCUT2D eigenvalue weighted by Crippen LogP contribution is 2.15. The van der Waals surface area contributed by atoms with Crippen LogP contribution in [0.5, 0.6) is 0 Å². The fourth-order valence-corrected chi connectivity index (χ4v) is 3.44. The van der Waals surface area contributed by atoms with Crippen LogP contribution in [0.4, 0.5) is 4.79 Å². The highest BCUT2D eigenvalue weighted by atomic mass is 32.1. The third-order valence-electron chi connectivity index (χ3n) is 4.17. The molecule has 0 aliphatic carbocycles. The molecular weight excluding hydrogens is 286 g/mol. The molecule has 1 aliphatic rings. The van der Waals surface area contributed by atoms with Gasteiger partial charge in [-0.3, -0.25) is 0 Å². The van der Waals surface area contributed by atoms with E-state index < -0.39 is 6.09 Å². The van der Waals surface area contributed by atoms with E-state index in [1.807, 2.05) is 0 Å². The zero-order valence-electron chi connectivity index (χ0n) is 12.5. The molecule has 1 aliphatic heterocycles. The standard InChI is InChI=1S/C15H25N3O2S/c1-12(2-6-16-15(19)20)18-7-3-14(4-8-18)17-10-13-5-9-21-11-13/h5,9,11-12,14,16-17H,2-4,6-8,10H2,1H3,(H,19,20)/t12-/m1/s1. The quantitative estimate of drug-likeness (QED) is 0.723. The first-order valence-electron chi connectivity index (χ1n) is 7.60. The number of piperidine rings is 1. The van der Waals surface area contributed by atoms with Crippen molar-refractivity contribution in [3.8, 4) is 0 Å². The maximum Gasteiger partial charge on any atom is 0.404 e. The molecular formula is C15H25N3O2S. The number of carbonyl (C=O) groups is 1. The lowest BCUT2D eigenvalue weighted by Crippen LogP contribution is -2.46. The van der Waals surface area contributed by atoms with E-state index in [1.165, 1.54) is 18.4 Å². The van der Waals surface area contributed by atoms with Crippen molar-refractivity contribution in [3.05, 3.63) is 22.4 Å². The second-order valence-corrected chi connectivity index (χ2v) is 6.47. The Morgan fingerprint density at radius 3 is 2.90 bits per heavy atom. The Morgan fingerprint density at radius 1 is 1.52 bits per heavy atom. The van der Waals surface area contributed by atoms with Gasteiger partial charge in [-0.05, 0) is 61.7 Å². The Bertz CT molecular complexity index is 417. The van der Waals surface area contributed by atoms with Crippen LogP contribution < -0.4 is 10.6 Å². The Morgan fingerprint density at radius 2 is 2.29 bits per heavy atom. The molecule has 2 rings (SSSR count). The monoisotopic (exact) mass is 311 g/mol. The minimum atomic E-state index is -0.932. The van der Waals surface area contributed by atoms with Gasteiger partial charge in [0.15, 0.2) is 0 Å². The molecule has 21 heavy (non-hydrogen) atoms. The Kier molecular flexibility index (Phi) is 6.48. The largest absolute Gasteiger partial charge is 0.465 e. The van der Waals surface area contributed by atoms with Crippen LogP contribution in [0.3, 0.4) is 0 Å². The summed E-state index contributed by atoms with van der Waals surface area (Å²) < 4.78 is 0. The first-order chi connectivity index (χ1) is 10.1. The fourth-order valence-electron chi connectivity index (χ4n) is 2.77. The highest BCUT2D eigenvalue weighted by Gasteiger charge is 2.22. The summed E-state index contributed by atoms with van der Waals surface area (Å²) in [5.41, 5.74) is 1.37. The lowest BCUT2D eigenvalue weighted by molar-refractivity contribution is 0.144. The summed E-state index contributed by atoms with van der Waals surface area (Å²) in [6.45, 7) is 5.87. The van der Waals surface area contributed by atoms with Crippen molar-refractivity contribution in [1.82, 2.24) is 15.5 Å². The number of carboxylic acid groups (broad SMARTS) is 1. The van der Waals surface area contributed by atoms with Crippen LogP contribution in [0.25, 0.3) is 0 Å². The van der Waals surface area contributed by atoms with Crippen molar-refractivity contribution in [2.75, 3.05) is 19.6 Å². The molecule has 0 bridgehead atoms. The van der Waals surface area contributed by atoms with Crippen LogP contribution in [0.1, 0.15) is 31.7 Å². The van der Waals surface area contributed by atoms with Gasteiger partial charge in [-0.2, -0.15) is 11.3 Å². The Labute approximate surface area is 130 Å². The smallest absolute Gasteiger partial charge is 0.404 e. The van der Waals surface area contributed by atoms with Crippen molar-refractivity contribution >= 4 is 17.4 Å². The SMILES string of the molecule is C[C@H](CCNC(=O)O)N1CCC(NCc2ccsc2)CC1. The zero-order chi connectivity index (χ0) is 15.1. The number of nitrogens with zero attached hydrogens (tertiary/aromatic N) is 1. The number of thiophene rings is 1. The second-order valence-electron chi connectivity index (χ2n) is 5.69. The maximum absolute atomic E-state index is 10.4. The van der Waals surface area contributed by atoms with Gasteiger partial charge in [-0.1, -0.05) is 0 Å². The molecule has 1 aromatic rings. The topological polar surface area (TPSA) is 64.6 Å². The van der Waals surface area contributed by atoms with E-state index in [4.69, 9.17) is 5.11 Å². The molecule has 118 valence electrons. The number of rotatable bonds is 7. The number of likely N-dealkylation sites (tertiary alicyclic amines) is 1. The average Bonchev–Trinajstić information content (AvgIpc) is 2.98. The van der Waals surface area contributed by atoms with Crippen LogP contribution in [-0.4, -0.2) is 47.8 Å². The highest BCUT2D eigenvalue weighted by molar-refractivity contribution is 7.07. The first kappa shape index (κ1) is 16.3. The summed E-state index contributed by atoms with van der Waals surface area (Å²) in [5, 5.41) is 19.0. The van der Waals surface area contributed by atoms with Crippen LogP contribution in [-0.2, 0) is 6.54 Å².